The molecule has 2 N–H and O–H groups in total. The van der Waals surface area contributed by atoms with Crippen molar-refractivity contribution in [3.05, 3.63) is 36.2 Å². The van der Waals surface area contributed by atoms with Crippen LogP contribution in [-0.4, -0.2) is 45.4 Å². The van der Waals surface area contributed by atoms with Crippen molar-refractivity contribution in [2.24, 2.45) is 7.05 Å². The number of aryl methyl sites for hydroxylation is 1. The highest BCUT2D eigenvalue weighted by atomic mass is 32.2. The number of nitrogens with zero attached hydrogens (tertiary/aromatic N) is 3. The molecule has 0 aliphatic carbocycles. The van der Waals surface area contributed by atoms with E-state index >= 15 is 0 Å². The van der Waals surface area contributed by atoms with E-state index < -0.39 is 16.0 Å². The van der Waals surface area contributed by atoms with Crippen molar-refractivity contribution >= 4 is 16.0 Å². The van der Waals surface area contributed by atoms with Crippen LogP contribution in [0, 0.1) is 0 Å². The molecular formula is C11H14N4O4S. The maximum Gasteiger partial charge on any atom is 0.352 e. The van der Waals surface area contributed by atoms with Gasteiger partial charge in [-0.3, -0.25) is 0 Å². The second kappa shape index (κ2) is 5.10. The third-order valence-corrected chi connectivity index (χ3v) is 4.60. The van der Waals surface area contributed by atoms with Crippen LogP contribution < -0.4 is 0 Å². The van der Waals surface area contributed by atoms with Crippen LogP contribution in [0.4, 0.5) is 0 Å². The number of carboxylic acids is 1. The summed E-state index contributed by atoms with van der Waals surface area (Å²) in [6.45, 7) is 0.0760. The maximum atomic E-state index is 12.3. The number of aromatic nitrogens is 3. The average molecular weight is 298 g/mol. The molecule has 0 atom stereocenters. The fraction of sp³-hybridized carbons (Fsp3) is 0.273. The van der Waals surface area contributed by atoms with Gasteiger partial charge in [-0.25, -0.2) is 18.2 Å². The molecule has 0 spiro atoms. The second-order valence-corrected chi connectivity index (χ2v) is 6.32. The van der Waals surface area contributed by atoms with Gasteiger partial charge in [0.05, 0.1) is 6.54 Å². The van der Waals surface area contributed by atoms with Crippen molar-refractivity contribution in [3.8, 4) is 0 Å². The van der Waals surface area contributed by atoms with E-state index in [0.717, 1.165) is 10.4 Å². The van der Waals surface area contributed by atoms with Crippen LogP contribution >= 0.6 is 0 Å². The Hall–Kier alpha value is -2.13. The summed E-state index contributed by atoms with van der Waals surface area (Å²) in [6, 6.07) is 1.14. The Morgan fingerprint density at radius 3 is 2.75 bits per heavy atom. The van der Waals surface area contributed by atoms with Crippen molar-refractivity contribution in [1.29, 1.82) is 0 Å². The molecule has 2 aromatic rings. The number of H-pyrrole nitrogens is 1. The fourth-order valence-electron chi connectivity index (χ4n) is 1.75. The summed E-state index contributed by atoms with van der Waals surface area (Å²) in [5.74, 6) is -0.673. The molecule has 0 aliphatic rings. The summed E-state index contributed by atoms with van der Waals surface area (Å²) in [4.78, 5) is 17.6. The van der Waals surface area contributed by atoms with Crippen LogP contribution in [0.1, 0.15) is 16.3 Å². The lowest BCUT2D eigenvalue weighted by molar-refractivity contribution is 0.0686. The number of aromatic amines is 1. The number of rotatable bonds is 5. The zero-order chi connectivity index (χ0) is 14.9. The molecule has 0 radical (unpaired) electrons. The zero-order valence-electron chi connectivity index (χ0n) is 10.9. The van der Waals surface area contributed by atoms with E-state index in [2.05, 4.69) is 9.97 Å². The maximum absolute atomic E-state index is 12.3. The van der Waals surface area contributed by atoms with E-state index in [4.69, 9.17) is 5.11 Å². The monoisotopic (exact) mass is 298 g/mol. The Balaban J connectivity index is 2.30. The normalized spacial score (nSPS) is 11.9. The summed E-state index contributed by atoms with van der Waals surface area (Å²) in [5.41, 5.74) is -0.0880. The van der Waals surface area contributed by atoms with Gasteiger partial charge in [-0.05, 0) is 6.07 Å². The SMILES string of the molecule is CN(Cc1ncc[nH]1)S(=O)(=O)c1cc(C(=O)O)n(C)c1. The summed E-state index contributed by atoms with van der Waals surface area (Å²) < 4.78 is 27.0. The first-order valence-corrected chi connectivity index (χ1v) is 7.10. The molecule has 9 heteroatoms. The van der Waals surface area contributed by atoms with E-state index in [1.54, 1.807) is 6.20 Å². The van der Waals surface area contributed by atoms with Gasteiger partial charge in [0, 0.05) is 32.7 Å². The van der Waals surface area contributed by atoms with Gasteiger partial charge in [-0.2, -0.15) is 4.31 Å². The average Bonchev–Trinajstić information content (AvgIpc) is 2.98. The van der Waals surface area contributed by atoms with E-state index in [-0.39, 0.29) is 17.1 Å². The van der Waals surface area contributed by atoms with Gasteiger partial charge in [-0.15, -0.1) is 0 Å². The summed E-state index contributed by atoms with van der Waals surface area (Å²) in [6.07, 6.45) is 4.40. The van der Waals surface area contributed by atoms with E-state index in [1.165, 1.54) is 31.1 Å². The van der Waals surface area contributed by atoms with Gasteiger partial charge in [0.25, 0.3) is 0 Å². The summed E-state index contributed by atoms with van der Waals surface area (Å²) in [5, 5.41) is 8.95. The predicted octanol–water partition coefficient (Wildman–Crippen LogP) is 0.267. The Bertz CT molecular complexity index is 718. The minimum atomic E-state index is -3.76. The number of imidazole rings is 1. The molecule has 0 saturated heterocycles. The minimum Gasteiger partial charge on any atom is -0.477 e. The predicted molar refractivity (Wildman–Crippen MR) is 69.6 cm³/mol. The number of nitrogens with one attached hydrogen (secondary N) is 1. The van der Waals surface area contributed by atoms with Gasteiger partial charge in [0.15, 0.2) is 0 Å². The summed E-state index contributed by atoms with van der Waals surface area (Å²) in [7, 11) is -0.872. The van der Waals surface area contributed by atoms with Crippen molar-refractivity contribution in [3.63, 3.8) is 0 Å². The first-order valence-electron chi connectivity index (χ1n) is 5.66. The van der Waals surface area contributed by atoms with Crippen LogP contribution in [0.15, 0.2) is 29.6 Å². The highest BCUT2D eigenvalue weighted by molar-refractivity contribution is 7.89. The highest BCUT2D eigenvalue weighted by Crippen LogP contribution is 2.18. The Labute approximate surface area is 115 Å². The van der Waals surface area contributed by atoms with Gasteiger partial charge >= 0.3 is 5.97 Å². The number of sulfonamides is 1. The van der Waals surface area contributed by atoms with E-state index in [0.29, 0.717) is 5.82 Å². The van der Waals surface area contributed by atoms with E-state index in [1.807, 2.05) is 0 Å². The fourth-order valence-corrected chi connectivity index (χ4v) is 2.95. The van der Waals surface area contributed by atoms with Crippen molar-refractivity contribution in [2.45, 2.75) is 11.4 Å². The Kier molecular flexibility index (Phi) is 3.64. The molecule has 2 heterocycles. The van der Waals surface area contributed by atoms with Crippen molar-refractivity contribution < 1.29 is 18.3 Å². The largest absolute Gasteiger partial charge is 0.477 e. The molecule has 20 heavy (non-hydrogen) atoms. The Morgan fingerprint density at radius 2 is 2.25 bits per heavy atom. The van der Waals surface area contributed by atoms with Crippen molar-refractivity contribution in [2.75, 3.05) is 7.05 Å². The van der Waals surface area contributed by atoms with Crippen LogP contribution in [0.2, 0.25) is 0 Å². The quantitative estimate of drug-likeness (QED) is 0.823. The molecule has 0 amide bonds. The molecule has 0 bridgehead atoms. The second-order valence-electron chi connectivity index (χ2n) is 4.27. The number of carbonyl (C=O) groups is 1. The molecule has 0 fully saturated rings. The number of hydrogen-bond donors (Lipinski definition) is 2. The molecule has 0 aromatic carbocycles. The van der Waals surface area contributed by atoms with Crippen LogP contribution in [0.5, 0.6) is 0 Å². The van der Waals surface area contributed by atoms with Gasteiger partial charge in [0.1, 0.15) is 16.4 Å². The summed E-state index contributed by atoms with van der Waals surface area (Å²) >= 11 is 0. The number of hydrogen-bond acceptors (Lipinski definition) is 4. The third kappa shape index (κ3) is 2.58. The lowest BCUT2D eigenvalue weighted by Gasteiger charge is -2.14. The third-order valence-electron chi connectivity index (χ3n) is 2.83. The first kappa shape index (κ1) is 14.3. The number of aromatic carboxylic acids is 1. The van der Waals surface area contributed by atoms with Gasteiger partial charge in [-0.1, -0.05) is 0 Å². The van der Waals surface area contributed by atoms with Crippen LogP contribution in [0.3, 0.4) is 0 Å². The standard InChI is InChI=1S/C11H14N4O4S/c1-14-6-8(5-9(14)11(16)17)20(18,19)15(2)7-10-12-3-4-13-10/h3-6H,7H2,1-2H3,(H,12,13)(H,16,17). The Morgan fingerprint density at radius 1 is 1.55 bits per heavy atom. The molecule has 2 aromatic heterocycles. The molecule has 0 unspecified atom stereocenters. The molecule has 2 rings (SSSR count). The number of carboxylic acid groups (broad SMARTS) is 1. The molecule has 108 valence electrons. The van der Waals surface area contributed by atoms with E-state index in [9.17, 15) is 13.2 Å². The molecular weight excluding hydrogens is 284 g/mol. The molecule has 0 aliphatic heterocycles. The van der Waals surface area contributed by atoms with Crippen LogP contribution in [-0.2, 0) is 23.6 Å². The zero-order valence-corrected chi connectivity index (χ0v) is 11.8. The van der Waals surface area contributed by atoms with Gasteiger partial charge < -0.3 is 14.7 Å². The van der Waals surface area contributed by atoms with Gasteiger partial charge in [0.2, 0.25) is 10.0 Å². The minimum absolute atomic E-state index is 0.0635. The lowest BCUT2D eigenvalue weighted by atomic mass is 10.4. The first-order chi connectivity index (χ1) is 9.32. The molecule has 0 saturated carbocycles. The lowest BCUT2D eigenvalue weighted by Crippen LogP contribution is -2.26. The topological polar surface area (TPSA) is 108 Å². The smallest absolute Gasteiger partial charge is 0.352 e. The highest BCUT2D eigenvalue weighted by Gasteiger charge is 2.25. The van der Waals surface area contributed by atoms with Crippen LogP contribution in [0.25, 0.3) is 0 Å². The molecule has 8 nitrogen and oxygen atoms in total. The van der Waals surface area contributed by atoms with Crippen molar-refractivity contribution in [1.82, 2.24) is 18.8 Å².